The molecule has 5 heteroatoms. The number of thioether (sulfide) groups is 1. The Bertz CT molecular complexity index is 419. The topological polar surface area (TPSA) is 55.8 Å². The summed E-state index contributed by atoms with van der Waals surface area (Å²) in [6.45, 7) is 2.97. The van der Waals surface area contributed by atoms with E-state index in [1.54, 1.807) is 0 Å². The number of fused-ring (bicyclic) bond motifs is 1. The predicted octanol–water partition coefficient (Wildman–Crippen LogP) is 2.41. The van der Waals surface area contributed by atoms with Gasteiger partial charge in [0.1, 0.15) is 18.5 Å². The van der Waals surface area contributed by atoms with Gasteiger partial charge in [0.05, 0.1) is 0 Å². The number of carbonyl (C=O) groups is 1. The number of ether oxygens (including phenoxy) is 2. The standard InChI is InChI=1S/C12H14O4S/c1-2-11(12(13)14)17-8-3-4-9-10(7-8)16-6-5-15-9/h3-4,7,11H,2,5-6H2,1H3,(H,13,14). The number of rotatable bonds is 4. The summed E-state index contributed by atoms with van der Waals surface area (Å²) in [7, 11) is 0. The van der Waals surface area contributed by atoms with Gasteiger partial charge in [0.25, 0.3) is 0 Å². The van der Waals surface area contributed by atoms with Crippen molar-refractivity contribution in [2.75, 3.05) is 13.2 Å². The van der Waals surface area contributed by atoms with Crippen LogP contribution >= 0.6 is 11.8 Å². The highest BCUT2D eigenvalue weighted by molar-refractivity contribution is 8.00. The fraction of sp³-hybridized carbons (Fsp3) is 0.417. The van der Waals surface area contributed by atoms with E-state index in [-0.39, 0.29) is 0 Å². The number of hydrogen-bond acceptors (Lipinski definition) is 4. The zero-order valence-corrected chi connectivity index (χ0v) is 10.3. The number of hydrogen-bond donors (Lipinski definition) is 1. The molecule has 2 rings (SSSR count). The molecule has 0 spiro atoms. The molecule has 1 aromatic rings. The molecule has 0 aromatic heterocycles. The maximum atomic E-state index is 10.9. The van der Waals surface area contributed by atoms with Crippen LogP contribution in [0.2, 0.25) is 0 Å². The van der Waals surface area contributed by atoms with Crippen molar-refractivity contribution in [2.24, 2.45) is 0 Å². The highest BCUT2D eigenvalue weighted by atomic mass is 32.2. The maximum absolute atomic E-state index is 10.9. The SMILES string of the molecule is CCC(Sc1ccc2c(c1)OCCO2)C(=O)O. The number of aliphatic carboxylic acids is 1. The van der Waals surface area contributed by atoms with Crippen LogP contribution in [0.1, 0.15) is 13.3 Å². The van der Waals surface area contributed by atoms with Gasteiger partial charge in [0.15, 0.2) is 11.5 Å². The van der Waals surface area contributed by atoms with Crippen molar-refractivity contribution in [3.8, 4) is 11.5 Å². The first-order valence-corrected chi connectivity index (χ1v) is 6.37. The molecule has 1 aliphatic rings. The van der Waals surface area contributed by atoms with Crippen molar-refractivity contribution in [3.05, 3.63) is 18.2 Å². The van der Waals surface area contributed by atoms with Crippen molar-refractivity contribution < 1.29 is 19.4 Å². The summed E-state index contributed by atoms with van der Waals surface area (Å²) in [6, 6.07) is 5.53. The van der Waals surface area contributed by atoms with Gasteiger partial charge in [-0.05, 0) is 24.6 Å². The Kier molecular flexibility index (Phi) is 3.78. The molecule has 0 amide bonds. The van der Waals surface area contributed by atoms with Gasteiger partial charge in [-0.3, -0.25) is 4.79 Å². The third-order valence-electron chi connectivity index (χ3n) is 2.44. The maximum Gasteiger partial charge on any atom is 0.316 e. The lowest BCUT2D eigenvalue weighted by molar-refractivity contribution is -0.136. The first kappa shape index (κ1) is 12.1. The summed E-state index contributed by atoms with van der Waals surface area (Å²) in [5, 5.41) is 8.58. The molecule has 0 aliphatic carbocycles. The molecule has 0 fully saturated rings. The first-order valence-electron chi connectivity index (χ1n) is 5.50. The quantitative estimate of drug-likeness (QED) is 0.836. The molecule has 92 valence electrons. The molecule has 1 heterocycles. The summed E-state index contributed by atoms with van der Waals surface area (Å²) in [5.41, 5.74) is 0. The van der Waals surface area contributed by atoms with E-state index in [0.29, 0.717) is 25.4 Å². The van der Waals surface area contributed by atoms with E-state index in [2.05, 4.69) is 0 Å². The molecular formula is C12H14O4S. The van der Waals surface area contributed by atoms with Crippen LogP contribution in [0.5, 0.6) is 11.5 Å². The summed E-state index contributed by atoms with van der Waals surface area (Å²) in [6.07, 6.45) is 0.592. The van der Waals surface area contributed by atoms with Gasteiger partial charge in [-0.25, -0.2) is 0 Å². The van der Waals surface area contributed by atoms with Crippen LogP contribution in [0, 0.1) is 0 Å². The average molecular weight is 254 g/mol. The lowest BCUT2D eigenvalue weighted by Gasteiger charge is -2.19. The molecule has 0 radical (unpaired) electrons. The van der Waals surface area contributed by atoms with Crippen LogP contribution in [0.4, 0.5) is 0 Å². The second-order valence-corrected chi connectivity index (χ2v) is 4.93. The van der Waals surface area contributed by atoms with Gasteiger partial charge in [-0.15, -0.1) is 11.8 Å². The van der Waals surface area contributed by atoms with Crippen LogP contribution in [0.25, 0.3) is 0 Å². The minimum Gasteiger partial charge on any atom is -0.486 e. The van der Waals surface area contributed by atoms with E-state index in [1.165, 1.54) is 11.8 Å². The van der Waals surface area contributed by atoms with Crippen LogP contribution in [0.3, 0.4) is 0 Å². The third-order valence-corrected chi connectivity index (χ3v) is 3.78. The monoisotopic (exact) mass is 254 g/mol. The molecule has 4 nitrogen and oxygen atoms in total. The summed E-state index contributed by atoms with van der Waals surface area (Å²) < 4.78 is 10.9. The van der Waals surface area contributed by atoms with Crippen LogP contribution < -0.4 is 9.47 Å². The van der Waals surface area contributed by atoms with E-state index < -0.39 is 11.2 Å². The Hall–Kier alpha value is -1.36. The zero-order chi connectivity index (χ0) is 12.3. The molecule has 1 N–H and O–H groups in total. The summed E-state index contributed by atoms with van der Waals surface area (Å²) in [4.78, 5) is 11.8. The molecule has 1 unspecified atom stereocenters. The minimum atomic E-state index is -0.785. The average Bonchev–Trinajstić information content (AvgIpc) is 2.35. The van der Waals surface area contributed by atoms with Crippen molar-refractivity contribution in [3.63, 3.8) is 0 Å². The van der Waals surface area contributed by atoms with Crippen LogP contribution in [-0.2, 0) is 4.79 Å². The Morgan fingerprint density at radius 2 is 2.12 bits per heavy atom. The van der Waals surface area contributed by atoms with Gasteiger partial charge in [-0.1, -0.05) is 6.92 Å². The highest BCUT2D eigenvalue weighted by Crippen LogP contribution is 2.35. The number of carboxylic acids is 1. The largest absolute Gasteiger partial charge is 0.486 e. The minimum absolute atomic E-state index is 0.419. The number of benzene rings is 1. The van der Waals surface area contributed by atoms with E-state index in [0.717, 1.165) is 10.6 Å². The van der Waals surface area contributed by atoms with Crippen molar-refractivity contribution >= 4 is 17.7 Å². The lowest BCUT2D eigenvalue weighted by Crippen LogP contribution is -2.16. The predicted molar refractivity (Wildman–Crippen MR) is 65.0 cm³/mol. The fourth-order valence-corrected chi connectivity index (χ4v) is 2.49. The highest BCUT2D eigenvalue weighted by Gasteiger charge is 2.18. The molecular weight excluding hydrogens is 240 g/mol. The van der Waals surface area contributed by atoms with Gasteiger partial charge in [-0.2, -0.15) is 0 Å². The first-order chi connectivity index (χ1) is 8.20. The van der Waals surface area contributed by atoms with E-state index in [4.69, 9.17) is 14.6 Å². The summed E-state index contributed by atoms with van der Waals surface area (Å²) >= 11 is 1.33. The fourth-order valence-electron chi connectivity index (χ4n) is 1.57. The van der Waals surface area contributed by atoms with Crippen LogP contribution in [-0.4, -0.2) is 29.5 Å². The van der Waals surface area contributed by atoms with Gasteiger partial charge >= 0.3 is 5.97 Å². The van der Waals surface area contributed by atoms with E-state index in [9.17, 15) is 4.79 Å². The Balaban J connectivity index is 2.14. The second-order valence-electron chi connectivity index (χ2n) is 3.66. The van der Waals surface area contributed by atoms with Crippen molar-refractivity contribution in [1.29, 1.82) is 0 Å². The number of carboxylic acid groups (broad SMARTS) is 1. The van der Waals surface area contributed by atoms with Gasteiger partial charge in [0, 0.05) is 4.90 Å². The normalized spacial score (nSPS) is 15.4. The molecule has 0 bridgehead atoms. The molecule has 1 atom stereocenters. The molecule has 0 saturated carbocycles. The van der Waals surface area contributed by atoms with Gasteiger partial charge < -0.3 is 14.6 Å². The second kappa shape index (κ2) is 5.31. The van der Waals surface area contributed by atoms with E-state index >= 15 is 0 Å². The smallest absolute Gasteiger partial charge is 0.316 e. The van der Waals surface area contributed by atoms with Crippen molar-refractivity contribution in [1.82, 2.24) is 0 Å². The zero-order valence-electron chi connectivity index (χ0n) is 9.51. The molecule has 1 aromatic carbocycles. The Labute approximate surface area is 104 Å². The molecule has 17 heavy (non-hydrogen) atoms. The molecule has 0 saturated heterocycles. The Morgan fingerprint density at radius 1 is 1.41 bits per heavy atom. The summed E-state index contributed by atoms with van der Waals surface area (Å²) in [5.74, 6) is 0.637. The lowest BCUT2D eigenvalue weighted by atomic mass is 10.3. The van der Waals surface area contributed by atoms with Crippen LogP contribution in [0.15, 0.2) is 23.1 Å². The van der Waals surface area contributed by atoms with Crippen molar-refractivity contribution in [2.45, 2.75) is 23.5 Å². The molecule has 1 aliphatic heterocycles. The third kappa shape index (κ3) is 2.85. The van der Waals surface area contributed by atoms with E-state index in [1.807, 2.05) is 25.1 Å². The van der Waals surface area contributed by atoms with Gasteiger partial charge in [0.2, 0.25) is 0 Å². The Morgan fingerprint density at radius 3 is 2.76 bits per heavy atom.